The molecule has 6 heteroatoms. The average molecular weight is 340 g/mol. The fraction of sp³-hybridized carbons (Fsp3) is 0.0526. The monoisotopic (exact) mass is 340 g/mol. The van der Waals surface area contributed by atoms with Gasteiger partial charge in [-0.3, -0.25) is 0 Å². The van der Waals surface area contributed by atoms with Crippen LogP contribution in [0.1, 0.15) is 22.6 Å². The fourth-order valence-corrected chi connectivity index (χ4v) is 2.85. The molecule has 0 atom stereocenters. The zero-order valence-electron chi connectivity index (χ0n) is 13.0. The molecule has 0 saturated heterocycles. The average Bonchev–Trinajstić information content (AvgIpc) is 2.59. The molecule has 0 bridgehead atoms. The molecule has 0 fully saturated rings. The molecule has 6 N–H and O–H groups in total. The first-order chi connectivity index (χ1) is 11.9. The summed E-state index contributed by atoms with van der Waals surface area (Å²) in [6, 6.07) is 12.9. The first-order valence-electron chi connectivity index (χ1n) is 7.44. The highest BCUT2D eigenvalue weighted by atomic mass is 16.3. The van der Waals surface area contributed by atoms with E-state index in [0.717, 1.165) is 0 Å². The Morgan fingerprint density at radius 1 is 0.440 bits per heavy atom. The second-order valence-corrected chi connectivity index (χ2v) is 5.58. The maximum atomic E-state index is 10.3. The smallest absolute Gasteiger partial charge is 0.161 e. The van der Waals surface area contributed by atoms with Gasteiger partial charge in [0.15, 0.2) is 34.5 Å². The molecule has 0 radical (unpaired) electrons. The Hall–Kier alpha value is -3.54. The van der Waals surface area contributed by atoms with E-state index in [2.05, 4.69) is 0 Å². The lowest BCUT2D eigenvalue weighted by Crippen LogP contribution is -2.05. The van der Waals surface area contributed by atoms with Crippen molar-refractivity contribution in [3.05, 3.63) is 71.3 Å². The summed E-state index contributed by atoms with van der Waals surface area (Å²) < 4.78 is 0. The fourth-order valence-electron chi connectivity index (χ4n) is 2.85. The van der Waals surface area contributed by atoms with E-state index in [1.54, 1.807) is 0 Å². The Morgan fingerprint density at radius 3 is 1.00 bits per heavy atom. The van der Waals surface area contributed by atoms with Crippen LogP contribution < -0.4 is 0 Å². The van der Waals surface area contributed by atoms with Gasteiger partial charge in [0.05, 0.1) is 0 Å². The molecular formula is C19H16O6. The van der Waals surface area contributed by atoms with Crippen molar-refractivity contribution in [1.29, 1.82) is 0 Å². The van der Waals surface area contributed by atoms with Crippen molar-refractivity contribution in [1.82, 2.24) is 0 Å². The van der Waals surface area contributed by atoms with Crippen LogP contribution in [0.3, 0.4) is 0 Å². The Labute approximate surface area is 143 Å². The van der Waals surface area contributed by atoms with Crippen molar-refractivity contribution >= 4 is 0 Å². The number of para-hydroxylation sites is 3. The molecule has 0 aliphatic heterocycles. The standard InChI is InChI=1S/C19H16O6/c20-13-7-1-4-10(17(13)23)16(11-5-2-8-14(21)18(11)24)12-6-3-9-15(22)19(12)25/h1-9,16,20-25H. The molecule has 0 aliphatic carbocycles. The van der Waals surface area contributed by atoms with Gasteiger partial charge in [0.2, 0.25) is 0 Å². The molecule has 3 aromatic carbocycles. The maximum absolute atomic E-state index is 10.3. The minimum absolute atomic E-state index is 0.182. The van der Waals surface area contributed by atoms with Crippen molar-refractivity contribution in [2.24, 2.45) is 0 Å². The molecule has 0 spiro atoms. The van der Waals surface area contributed by atoms with Crippen molar-refractivity contribution in [2.75, 3.05) is 0 Å². The van der Waals surface area contributed by atoms with E-state index in [-0.39, 0.29) is 33.9 Å². The van der Waals surface area contributed by atoms with Gasteiger partial charge < -0.3 is 30.6 Å². The van der Waals surface area contributed by atoms with Gasteiger partial charge in [-0.1, -0.05) is 36.4 Å². The molecule has 25 heavy (non-hydrogen) atoms. The molecule has 0 unspecified atom stereocenters. The summed E-state index contributed by atoms with van der Waals surface area (Å²) in [7, 11) is 0. The zero-order valence-corrected chi connectivity index (χ0v) is 13.0. The highest BCUT2D eigenvalue weighted by Crippen LogP contribution is 2.48. The highest BCUT2D eigenvalue weighted by molar-refractivity contribution is 5.61. The number of hydrogen-bond acceptors (Lipinski definition) is 6. The second kappa shape index (κ2) is 6.16. The van der Waals surface area contributed by atoms with Gasteiger partial charge in [0.25, 0.3) is 0 Å². The third-order valence-corrected chi connectivity index (χ3v) is 4.07. The summed E-state index contributed by atoms with van der Waals surface area (Å²) in [4.78, 5) is 0. The molecular weight excluding hydrogens is 324 g/mol. The second-order valence-electron chi connectivity index (χ2n) is 5.58. The Morgan fingerprint density at radius 2 is 0.720 bits per heavy atom. The zero-order chi connectivity index (χ0) is 18.1. The van der Waals surface area contributed by atoms with Crippen LogP contribution in [-0.4, -0.2) is 30.6 Å². The van der Waals surface area contributed by atoms with Gasteiger partial charge in [-0.05, 0) is 18.2 Å². The predicted octanol–water partition coefficient (Wildman–Crippen LogP) is 3.10. The summed E-state index contributed by atoms with van der Waals surface area (Å²) in [5.74, 6) is -3.37. The van der Waals surface area contributed by atoms with Crippen LogP contribution in [0.2, 0.25) is 0 Å². The van der Waals surface area contributed by atoms with E-state index in [1.165, 1.54) is 54.6 Å². The lowest BCUT2D eigenvalue weighted by atomic mass is 9.83. The van der Waals surface area contributed by atoms with E-state index in [9.17, 15) is 30.6 Å². The van der Waals surface area contributed by atoms with Crippen LogP contribution in [0.4, 0.5) is 0 Å². The predicted molar refractivity (Wildman–Crippen MR) is 90.3 cm³/mol. The Bertz CT molecular complexity index is 813. The quantitative estimate of drug-likeness (QED) is 0.322. The summed E-state index contributed by atoms with van der Waals surface area (Å²) in [5, 5.41) is 60.3. The minimum Gasteiger partial charge on any atom is -0.504 e. The van der Waals surface area contributed by atoms with E-state index < -0.39 is 23.2 Å². The summed E-state index contributed by atoms with van der Waals surface area (Å²) >= 11 is 0. The third kappa shape index (κ3) is 2.74. The van der Waals surface area contributed by atoms with Crippen molar-refractivity contribution in [2.45, 2.75) is 5.92 Å². The molecule has 0 amide bonds. The first-order valence-corrected chi connectivity index (χ1v) is 7.44. The molecule has 3 aromatic rings. The number of aromatic hydroxyl groups is 6. The first kappa shape index (κ1) is 16.3. The molecule has 0 aromatic heterocycles. The van der Waals surface area contributed by atoms with Gasteiger partial charge in [-0.25, -0.2) is 0 Å². The minimum atomic E-state index is -0.953. The molecule has 6 nitrogen and oxygen atoms in total. The van der Waals surface area contributed by atoms with Gasteiger partial charge >= 0.3 is 0 Å². The summed E-state index contributed by atoms with van der Waals surface area (Å²) in [6.07, 6.45) is 0. The van der Waals surface area contributed by atoms with E-state index in [4.69, 9.17) is 0 Å². The number of phenols is 6. The third-order valence-electron chi connectivity index (χ3n) is 4.07. The maximum Gasteiger partial charge on any atom is 0.161 e. The topological polar surface area (TPSA) is 121 Å². The van der Waals surface area contributed by atoms with Crippen molar-refractivity contribution < 1.29 is 30.6 Å². The van der Waals surface area contributed by atoms with Gasteiger partial charge in [-0.15, -0.1) is 0 Å². The van der Waals surface area contributed by atoms with Crippen LogP contribution in [0, 0.1) is 0 Å². The van der Waals surface area contributed by atoms with Crippen LogP contribution in [0.15, 0.2) is 54.6 Å². The molecule has 0 saturated carbocycles. The van der Waals surface area contributed by atoms with Crippen LogP contribution in [-0.2, 0) is 0 Å². The van der Waals surface area contributed by atoms with Crippen LogP contribution >= 0.6 is 0 Å². The van der Waals surface area contributed by atoms with Crippen molar-refractivity contribution in [3.8, 4) is 34.5 Å². The number of rotatable bonds is 3. The van der Waals surface area contributed by atoms with Crippen LogP contribution in [0.5, 0.6) is 34.5 Å². The largest absolute Gasteiger partial charge is 0.504 e. The lowest BCUT2D eigenvalue weighted by molar-refractivity contribution is 0.387. The van der Waals surface area contributed by atoms with Crippen LogP contribution in [0.25, 0.3) is 0 Å². The van der Waals surface area contributed by atoms with Gasteiger partial charge in [0, 0.05) is 22.6 Å². The van der Waals surface area contributed by atoms with E-state index in [0.29, 0.717) is 0 Å². The Kier molecular flexibility index (Phi) is 4.02. The number of phenolic OH excluding ortho intramolecular Hbond substituents is 6. The normalized spacial score (nSPS) is 10.9. The van der Waals surface area contributed by atoms with E-state index in [1.807, 2.05) is 0 Å². The number of hydrogen-bond donors (Lipinski definition) is 6. The van der Waals surface area contributed by atoms with E-state index >= 15 is 0 Å². The summed E-state index contributed by atoms with van der Waals surface area (Å²) in [5.41, 5.74) is 0.547. The molecule has 128 valence electrons. The SMILES string of the molecule is Oc1cccc(C(c2cccc(O)c2O)c2cccc(O)c2O)c1O. The lowest BCUT2D eigenvalue weighted by Gasteiger charge is -2.22. The van der Waals surface area contributed by atoms with Crippen molar-refractivity contribution in [3.63, 3.8) is 0 Å². The molecule has 0 heterocycles. The Balaban J connectivity index is 2.35. The van der Waals surface area contributed by atoms with Gasteiger partial charge in [0.1, 0.15) is 0 Å². The molecule has 0 aliphatic rings. The number of benzene rings is 3. The summed E-state index contributed by atoms with van der Waals surface area (Å²) in [6.45, 7) is 0. The van der Waals surface area contributed by atoms with Gasteiger partial charge in [-0.2, -0.15) is 0 Å². The molecule has 3 rings (SSSR count). The highest BCUT2D eigenvalue weighted by Gasteiger charge is 2.28.